The van der Waals surface area contributed by atoms with E-state index in [1.807, 2.05) is 23.6 Å². The molecule has 2 aromatic carbocycles. The van der Waals surface area contributed by atoms with Crippen LogP contribution in [0.25, 0.3) is 5.57 Å². The van der Waals surface area contributed by atoms with Gasteiger partial charge in [0.2, 0.25) is 5.91 Å². The molecule has 0 bridgehead atoms. The lowest BCUT2D eigenvalue weighted by Gasteiger charge is -2.31. The maximum absolute atomic E-state index is 13.4. The Labute approximate surface area is 472 Å². The number of carbonyl (C=O) groups is 5. The first kappa shape index (κ1) is 63.5. The van der Waals surface area contributed by atoms with Gasteiger partial charge in [-0.15, -0.1) is 6.42 Å². The number of amides is 4. The number of benzene rings is 2. The zero-order valence-electron chi connectivity index (χ0n) is 45.2. The molecule has 2 aromatic rings. The van der Waals surface area contributed by atoms with Gasteiger partial charge in [-0.05, 0) is 81.3 Å². The number of nitrogens with one attached hydrogen (secondary N) is 3. The predicted molar refractivity (Wildman–Crippen MR) is 301 cm³/mol. The molecule has 0 spiro atoms. The van der Waals surface area contributed by atoms with E-state index in [-0.39, 0.29) is 97.0 Å². The molecule has 0 radical (unpaired) electrons. The smallest absolute Gasteiger partial charge is 0.318 e. The second-order valence-electron chi connectivity index (χ2n) is 19.7. The molecule has 2 fully saturated rings. The summed E-state index contributed by atoms with van der Waals surface area (Å²) >= 11 is 1.93. The minimum atomic E-state index is -5.04. The average Bonchev–Trinajstić information content (AvgIpc) is 3.96. The van der Waals surface area contributed by atoms with Crippen molar-refractivity contribution in [1.82, 2.24) is 20.9 Å². The summed E-state index contributed by atoms with van der Waals surface area (Å²) in [6.45, 7) is 7.37. The Morgan fingerprint density at radius 3 is 2.21 bits per heavy atom. The Morgan fingerprint density at radius 2 is 1.55 bits per heavy atom. The zero-order chi connectivity index (χ0) is 58.0. The summed E-state index contributed by atoms with van der Waals surface area (Å²) in [5.41, 5.74) is 13.3. The van der Waals surface area contributed by atoms with Crippen molar-refractivity contribution >= 4 is 72.7 Å². The highest BCUT2D eigenvalue weighted by molar-refractivity contribution is 8.00. The van der Waals surface area contributed by atoms with Crippen LogP contribution in [0, 0.1) is 25.2 Å². The second-order valence-corrected chi connectivity index (χ2v) is 23.7. The third-order valence-electron chi connectivity index (χ3n) is 14.0. The van der Waals surface area contributed by atoms with Gasteiger partial charge in [0.25, 0.3) is 26.1 Å². The lowest BCUT2D eigenvalue weighted by molar-refractivity contribution is -0.130. The van der Waals surface area contributed by atoms with Crippen molar-refractivity contribution in [3.8, 4) is 18.1 Å². The van der Waals surface area contributed by atoms with Gasteiger partial charge in [-0.3, -0.25) is 28.3 Å². The third-order valence-corrected chi connectivity index (χ3v) is 17.5. The van der Waals surface area contributed by atoms with Crippen LogP contribution in [0.5, 0.6) is 5.75 Å². The molecule has 22 nitrogen and oxygen atoms in total. The number of ketones is 2. The van der Waals surface area contributed by atoms with Crippen LogP contribution in [0.4, 0.5) is 10.5 Å². The monoisotopic (exact) mass is 1170 g/mol. The van der Waals surface area contributed by atoms with Crippen LogP contribution in [-0.4, -0.2) is 162 Å². The maximum Gasteiger partial charge on any atom is 0.318 e. The number of hydrogen-bond donors (Lipinski definition) is 7. The number of unbranched alkanes of at least 4 members (excludes halogenated alkanes) is 2. The van der Waals surface area contributed by atoms with E-state index in [2.05, 4.69) is 21.9 Å². The lowest BCUT2D eigenvalue weighted by Crippen LogP contribution is -2.40. The van der Waals surface area contributed by atoms with Gasteiger partial charge in [0.15, 0.2) is 16.4 Å². The van der Waals surface area contributed by atoms with E-state index in [4.69, 9.17) is 41.6 Å². The van der Waals surface area contributed by atoms with Crippen molar-refractivity contribution in [2.24, 2.45) is 11.7 Å². The molecule has 438 valence electrons. The van der Waals surface area contributed by atoms with E-state index in [0.717, 1.165) is 25.0 Å². The van der Waals surface area contributed by atoms with Crippen LogP contribution < -0.4 is 32.2 Å². The molecule has 3 aliphatic heterocycles. The molecule has 1 unspecified atom stereocenters. The van der Waals surface area contributed by atoms with Crippen LogP contribution in [0.2, 0.25) is 0 Å². The molecule has 1 aliphatic carbocycles. The van der Waals surface area contributed by atoms with Gasteiger partial charge in [0, 0.05) is 84.6 Å². The van der Waals surface area contributed by atoms with E-state index in [9.17, 15) is 49.9 Å². The number of allylic oxidation sites excluding steroid dienone is 1. The quantitative estimate of drug-likeness (QED) is 0.0164. The van der Waals surface area contributed by atoms with Crippen LogP contribution >= 0.6 is 11.8 Å². The van der Waals surface area contributed by atoms with Gasteiger partial charge < -0.3 is 56.0 Å². The first-order valence-electron chi connectivity index (χ1n) is 26.9. The molecule has 3 heterocycles. The summed E-state index contributed by atoms with van der Waals surface area (Å²) < 4.78 is 98.7. The van der Waals surface area contributed by atoms with Crippen molar-refractivity contribution < 1.29 is 73.6 Å². The van der Waals surface area contributed by atoms with E-state index >= 15 is 0 Å². The van der Waals surface area contributed by atoms with Crippen molar-refractivity contribution in [2.45, 2.75) is 113 Å². The van der Waals surface area contributed by atoms with Gasteiger partial charge >= 0.3 is 6.03 Å². The number of urea groups is 1. The van der Waals surface area contributed by atoms with Crippen LogP contribution in [0.1, 0.15) is 105 Å². The average molecular weight is 1170 g/mol. The number of nitrogens with two attached hydrogens (primary N) is 2. The summed E-state index contributed by atoms with van der Waals surface area (Å²) in [6.07, 6.45) is 14.1. The lowest BCUT2D eigenvalue weighted by atomic mass is 9.85. The first-order valence-corrected chi connectivity index (χ1v) is 30.8. The van der Waals surface area contributed by atoms with Gasteiger partial charge in [0.1, 0.15) is 16.5 Å². The number of nitrogens with zero attached hydrogens (tertiary/aromatic N) is 1. The number of likely N-dealkylation sites (N-methyl/N-ethyl adjacent to an activating group) is 1. The Bertz CT molecular complexity index is 2940. The van der Waals surface area contributed by atoms with E-state index in [0.29, 0.717) is 101 Å². The molecule has 0 aromatic heterocycles. The molecule has 80 heavy (non-hydrogen) atoms. The molecule has 2 saturated heterocycles. The first-order chi connectivity index (χ1) is 38.2. The fraction of sp³-hybridized carbons (Fsp3) is 0.545. The fourth-order valence-corrected chi connectivity index (χ4v) is 13.3. The third kappa shape index (κ3) is 17.4. The number of carbonyl (C=O) groups excluding carboxylic acids is 5. The molecule has 0 saturated carbocycles. The standard InChI is InChI=1S/C55H74N6O16S3/c1-4-22-58-53(64)36(33-39(63)21-25-74-27-29-76-31-30-75-28-26-73-24-10-13-38(62)12-6-7-14-46-48-45(34-78-46)60-55(66)61(48)5-2)11-8-9-23-59-54(65)37-15-16-40(35(3)32-37)47-41-17-19-43(56)51(79(67,68)69)49(41)77-50-42(47)18-20-44(57)52(50)80(70,71)72/h1,15-20,32,36,43,45-46,48H,5-14,21-31,33-34,56-57H2,2-3H3,(H,58,64)(H,59,65)(H,60,66)(H,67,68,69)(H,70,71,72)/t36-,43?,45+,46+,48+/m1/s1. The normalized spacial score (nSPS) is 18.9. The topological polar surface area (TPSA) is 332 Å². The number of fused-ring (bicyclic) bond motifs is 3. The number of anilines is 1. The minimum absolute atomic E-state index is 0.00234. The van der Waals surface area contributed by atoms with Gasteiger partial charge in [-0.2, -0.15) is 28.6 Å². The molecule has 4 aliphatic rings. The Kier molecular flexibility index (Phi) is 24.1. The van der Waals surface area contributed by atoms with E-state index in [1.165, 1.54) is 30.4 Å². The van der Waals surface area contributed by atoms with E-state index < -0.39 is 65.1 Å². The zero-order valence-corrected chi connectivity index (χ0v) is 47.7. The summed E-state index contributed by atoms with van der Waals surface area (Å²) in [6, 6.07) is 6.50. The Balaban J connectivity index is 0.837. The van der Waals surface area contributed by atoms with Gasteiger partial charge in [-0.25, -0.2) is 4.79 Å². The highest BCUT2D eigenvalue weighted by Gasteiger charge is 2.47. The number of ether oxygens (including phenoxy) is 5. The number of Topliss-reactive ketones (excluding diaryl/α,β-unsaturated/α-hetero) is 2. The van der Waals surface area contributed by atoms with Crippen LogP contribution in [0.15, 0.2) is 63.6 Å². The Morgan fingerprint density at radius 1 is 0.875 bits per heavy atom. The molecular weight excluding hydrogens is 1100 g/mol. The molecule has 9 N–H and O–H groups in total. The van der Waals surface area contributed by atoms with Gasteiger partial charge in [0.05, 0.1) is 76.6 Å². The van der Waals surface area contributed by atoms with Crippen LogP contribution in [0.3, 0.4) is 0 Å². The highest BCUT2D eigenvalue weighted by Crippen LogP contribution is 2.49. The number of hydrogen-bond acceptors (Lipinski definition) is 17. The SMILES string of the molecule is C#CCNC(=O)[C@H](CCCCNC(=O)c1ccc(C2=C3C=CC(N)C(S(=O)(=O)O)=C3Oc3c2ccc(N)c3S(=O)(=O)O)c(C)c1)CC(=O)CCOCCOCCOCCOCCCC(=O)CCCC[C@@H]1SC[C@@H]2NC(=O)N(CC)[C@@H]21. The Hall–Kier alpha value is -5.66. The summed E-state index contributed by atoms with van der Waals surface area (Å²) in [5, 5.41) is 9.02. The highest BCUT2D eigenvalue weighted by atomic mass is 32.2. The van der Waals surface area contributed by atoms with Crippen molar-refractivity contribution in [3.63, 3.8) is 0 Å². The summed E-state index contributed by atoms with van der Waals surface area (Å²) in [5.74, 6) is 1.02. The minimum Gasteiger partial charge on any atom is -0.453 e. The molecule has 6 rings (SSSR count). The number of rotatable bonds is 35. The number of nitrogen functional groups attached to an aromatic ring is 1. The second kappa shape index (κ2) is 30.4. The molecule has 5 atom stereocenters. The summed E-state index contributed by atoms with van der Waals surface area (Å²) in [4.78, 5) is 64.2. The van der Waals surface area contributed by atoms with Crippen molar-refractivity contribution in [2.75, 3.05) is 84.0 Å². The number of thioether (sulfide) groups is 1. The number of aryl methyl sites for hydroxylation is 1. The molecule has 25 heteroatoms. The molecular formula is C55H74N6O16S3. The summed E-state index contributed by atoms with van der Waals surface area (Å²) in [7, 11) is -10.0. The van der Waals surface area contributed by atoms with Gasteiger partial charge in [-0.1, -0.05) is 37.0 Å². The molecule has 4 amide bonds. The predicted octanol–water partition coefficient (Wildman–Crippen LogP) is 4.50. The largest absolute Gasteiger partial charge is 0.453 e. The van der Waals surface area contributed by atoms with E-state index in [1.54, 1.807) is 19.1 Å². The maximum atomic E-state index is 13.4. The van der Waals surface area contributed by atoms with Crippen molar-refractivity contribution in [1.29, 1.82) is 0 Å². The fourth-order valence-electron chi connectivity index (χ4n) is 10.1. The number of terminal acetylenes is 1. The van der Waals surface area contributed by atoms with Crippen molar-refractivity contribution in [3.05, 3.63) is 81.0 Å². The van der Waals surface area contributed by atoms with Crippen LogP contribution in [-0.2, 0) is 53.6 Å².